The highest BCUT2D eigenvalue weighted by Gasteiger charge is 2.37. The Hall–Kier alpha value is -2.51. The van der Waals surface area contributed by atoms with Crippen molar-refractivity contribution < 1.29 is 35.9 Å². The average Bonchev–Trinajstić information content (AvgIpc) is 3.42. The number of carbonyl (C=O) groups is 1. The predicted octanol–water partition coefficient (Wildman–Crippen LogP) is 5.99. The Labute approximate surface area is 150 Å². The van der Waals surface area contributed by atoms with Gasteiger partial charge < -0.3 is 4.74 Å². The van der Waals surface area contributed by atoms with Crippen molar-refractivity contribution in [3.05, 3.63) is 53.1 Å². The lowest BCUT2D eigenvalue weighted by molar-refractivity contribution is -0.143. The van der Waals surface area contributed by atoms with Gasteiger partial charge in [0.1, 0.15) is 12.0 Å². The van der Waals surface area contributed by atoms with Crippen molar-refractivity contribution in [2.45, 2.75) is 25.2 Å². The van der Waals surface area contributed by atoms with E-state index in [0.717, 1.165) is 12.8 Å². The lowest BCUT2D eigenvalue weighted by Crippen LogP contribution is -2.11. The van der Waals surface area contributed by atoms with Gasteiger partial charge in [-0.1, -0.05) is 0 Å². The van der Waals surface area contributed by atoms with Crippen molar-refractivity contribution in [3.8, 4) is 16.9 Å². The maximum Gasteiger partial charge on any atom is 0.416 e. The van der Waals surface area contributed by atoms with Gasteiger partial charge in [-0.05, 0) is 66.3 Å². The van der Waals surface area contributed by atoms with E-state index in [1.165, 1.54) is 18.2 Å². The first-order valence-corrected chi connectivity index (χ1v) is 8.09. The Balaban J connectivity index is 2.08. The zero-order valence-corrected chi connectivity index (χ0v) is 13.8. The maximum atomic E-state index is 13.0. The molecular formula is C19H14F6O2. The second-order valence-corrected chi connectivity index (χ2v) is 6.46. The topological polar surface area (TPSA) is 26.3 Å². The second-order valence-electron chi connectivity index (χ2n) is 6.46. The highest BCUT2D eigenvalue weighted by atomic mass is 19.4. The summed E-state index contributed by atoms with van der Waals surface area (Å²) in [5, 5.41) is 0. The highest BCUT2D eigenvalue weighted by molar-refractivity contribution is 5.80. The van der Waals surface area contributed by atoms with Crippen LogP contribution < -0.4 is 4.74 Å². The number of aldehydes is 1. The first-order chi connectivity index (χ1) is 12.6. The minimum absolute atomic E-state index is 0.0435. The Kier molecular flexibility index (Phi) is 4.92. The summed E-state index contributed by atoms with van der Waals surface area (Å²) in [6, 6.07) is 5.29. The number of hydrogen-bond acceptors (Lipinski definition) is 2. The van der Waals surface area contributed by atoms with E-state index in [1.54, 1.807) is 0 Å². The molecule has 2 aromatic rings. The SMILES string of the molecule is O=Cc1cc(OCC2CC2)cc(-c2cc(C(F)(F)F)cc(C(F)(F)F)c2)c1. The van der Waals surface area contributed by atoms with E-state index in [2.05, 4.69) is 0 Å². The third-order valence-corrected chi connectivity index (χ3v) is 4.17. The van der Waals surface area contributed by atoms with Gasteiger partial charge in [0.25, 0.3) is 0 Å². The largest absolute Gasteiger partial charge is 0.493 e. The first-order valence-electron chi connectivity index (χ1n) is 8.09. The van der Waals surface area contributed by atoms with Gasteiger partial charge in [-0.3, -0.25) is 4.79 Å². The summed E-state index contributed by atoms with van der Waals surface area (Å²) in [7, 11) is 0. The molecule has 0 radical (unpaired) electrons. The van der Waals surface area contributed by atoms with Crippen LogP contribution in [0, 0.1) is 5.92 Å². The van der Waals surface area contributed by atoms with E-state index >= 15 is 0 Å². The van der Waals surface area contributed by atoms with Crippen LogP contribution in [-0.2, 0) is 12.4 Å². The number of rotatable bonds is 5. The minimum Gasteiger partial charge on any atom is -0.493 e. The van der Waals surface area contributed by atoms with Gasteiger partial charge in [0, 0.05) is 5.56 Å². The molecule has 0 bridgehead atoms. The zero-order chi connectivity index (χ0) is 19.8. The molecule has 1 fully saturated rings. The van der Waals surface area contributed by atoms with Gasteiger partial charge in [-0.2, -0.15) is 26.3 Å². The lowest BCUT2D eigenvalue weighted by Gasteiger charge is -2.15. The summed E-state index contributed by atoms with van der Waals surface area (Å²) in [4.78, 5) is 11.1. The van der Waals surface area contributed by atoms with Crippen molar-refractivity contribution in [2.24, 2.45) is 5.92 Å². The molecule has 0 N–H and O–H groups in total. The number of ether oxygens (including phenoxy) is 1. The minimum atomic E-state index is -4.94. The first kappa shape index (κ1) is 19.3. The van der Waals surface area contributed by atoms with Gasteiger partial charge in [0.15, 0.2) is 0 Å². The molecule has 2 nitrogen and oxygen atoms in total. The molecular weight excluding hydrogens is 374 g/mol. The molecule has 0 amide bonds. The standard InChI is InChI=1S/C19H14F6O2/c20-18(21,22)15-5-14(6-16(8-15)19(23,24)25)13-3-12(9-26)4-17(7-13)27-10-11-1-2-11/h3-9,11H,1-2,10H2. The average molecular weight is 388 g/mol. The molecule has 1 saturated carbocycles. The van der Waals surface area contributed by atoms with Gasteiger partial charge in [-0.25, -0.2) is 0 Å². The third kappa shape index (κ3) is 4.81. The number of benzene rings is 2. The molecule has 1 aliphatic rings. The Morgan fingerprint density at radius 2 is 1.41 bits per heavy atom. The molecule has 1 aliphatic carbocycles. The van der Waals surface area contributed by atoms with E-state index in [-0.39, 0.29) is 28.5 Å². The van der Waals surface area contributed by atoms with E-state index in [1.807, 2.05) is 0 Å². The van der Waals surface area contributed by atoms with Crippen molar-refractivity contribution in [1.82, 2.24) is 0 Å². The van der Waals surface area contributed by atoms with Gasteiger partial charge in [0.2, 0.25) is 0 Å². The van der Waals surface area contributed by atoms with Crippen LogP contribution >= 0.6 is 0 Å². The third-order valence-electron chi connectivity index (χ3n) is 4.17. The van der Waals surface area contributed by atoms with Crippen LogP contribution in [0.25, 0.3) is 11.1 Å². The number of alkyl halides is 6. The Morgan fingerprint density at radius 3 is 1.89 bits per heavy atom. The summed E-state index contributed by atoms with van der Waals surface area (Å²) in [5.74, 6) is 0.617. The Morgan fingerprint density at radius 1 is 0.852 bits per heavy atom. The van der Waals surface area contributed by atoms with Crippen molar-refractivity contribution >= 4 is 6.29 Å². The molecule has 0 heterocycles. The molecule has 0 aliphatic heterocycles. The van der Waals surface area contributed by atoms with Gasteiger partial charge in [-0.15, -0.1) is 0 Å². The van der Waals surface area contributed by atoms with Crippen LogP contribution in [0.1, 0.15) is 34.3 Å². The highest BCUT2D eigenvalue weighted by Crippen LogP contribution is 2.39. The lowest BCUT2D eigenvalue weighted by atomic mass is 9.97. The zero-order valence-electron chi connectivity index (χ0n) is 13.8. The normalized spacial score (nSPS) is 14.9. The quantitative estimate of drug-likeness (QED) is 0.464. The fraction of sp³-hybridized carbons (Fsp3) is 0.316. The van der Waals surface area contributed by atoms with E-state index in [0.29, 0.717) is 30.9 Å². The van der Waals surface area contributed by atoms with Crippen molar-refractivity contribution in [3.63, 3.8) is 0 Å². The fourth-order valence-electron chi connectivity index (χ4n) is 2.56. The van der Waals surface area contributed by atoms with Gasteiger partial charge in [0.05, 0.1) is 17.7 Å². The summed E-state index contributed by atoms with van der Waals surface area (Å²) in [6.45, 7) is 0.387. The smallest absolute Gasteiger partial charge is 0.416 e. The molecule has 3 rings (SSSR count). The van der Waals surface area contributed by atoms with E-state index in [9.17, 15) is 31.1 Å². The Bertz CT molecular complexity index is 818. The van der Waals surface area contributed by atoms with E-state index < -0.39 is 23.5 Å². The molecule has 0 spiro atoms. The van der Waals surface area contributed by atoms with Crippen molar-refractivity contribution in [1.29, 1.82) is 0 Å². The van der Waals surface area contributed by atoms with Crippen molar-refractivity contribution in [2.75, 3.05) is 6.61 Å². The maximum absolute atomic E-state index is 13.0. The number of hydrogen-bond donors (Lipinski definition) is 0. The molecule has 27 heavy (non-hydrogen) atoms. The summed E-state index contributed by atoms with van der Waals surface area (Å²) in [6.07, 6.45) is -7.41. The molecule has 2 aromatic carbocycles. The summed E-state index contributed by atoms with van der Waals surface area (Å²) >= 11 is 0. The second kappa shape index (κ2) is 6.90. The van der Waals surface area contributed by atoms with Crippen LogP contribution in [0.4, 0.5) is 26.3 Å². The van der Waals surface area contributed by atoms with Crippen LogP contribution in [-0.4, -0.2) is 12.9 Å². The fourth-order valence-corrected chi connectivity index (χ4v) is 2.56. The van der Waals surface area contributed by atoms with Crippen LogP contribution in [0.2, 0.25) is 0 Å². The molecule has 0 atom stereocenters. The molecule has 0 saturated heterocycles. The molecule has 0 unspecified atom stereocenters. The van der Waals surface area contributed by atoms with Crippen LogP contribution in [0.5, 0.6) is 5.75 Å². The number of halogens is 6. The molecule has 8 heteroatoms. The number of carbonyl (C=O) groups excluding carboxylic acids is 1. The summed E-state index contributed by atoms with van der Waals surface area (Å²) in [5.41, 5.74) is -2.98. The van der Waals surface area contributed by atoms with Crippen LogP contribution in [0.15, 0.2) is 36.4 Å². The van der Waals surface area contributed by atoms with Gasteiger partial charge >= 0.3 is 12.4 Å². The van der Waals surface area contributed by atoms with E-state index in [4.69, 9.17) is 4.74 Å². The summed E-state index contributed by atoms with van der Waals surface area (Å²) < 4.78 is 83.8. The monoisotopic (exact) mass is 388 g/mol. The molecule has 144 valence electrons. The molecule has 0 aromatic heterocycles. The predicted molar refractivity (Wildman–Crippen MR) is 85.5 cm³/mol. The van der Waals surface area contributed by atoms with Crippen LogP contribution in [0.3, 0.4) is 0 Å².